The van der Waals surface area contributed by atoms with Crippen LogP contribution < -0.4 is 11.0 Å². The van der Waals surface area contributed by atoms with E-state index >= 15 is 0 Å². The van der Waals surface area contributed by atoms with E-state index < -0.39 is 0 Å². The fourth-order valence-electron chi connectivity index (χ4n) is 3.51. The standard InChI is InChI=1S/C18H20N4O/c1-21-16-12-19-17(20-13-7-3-2-4-8-13)11-15(16)22(18(21)23)14-9-5-6-10-14/h2-4,7-8,11-12,14H,5-6,9-10H2,1H3,(H,19,20). The Morgan fingerprint density at radius 3 is 2.61 bits per heavy atom. The Morgan fingerprint density at radius 1 is 1.13 bits per heavy atom. The van der Waals surface area contributed by atoms with Crippen LogP contribution in [0, 0.1) is 0 Å². The lowest BCUT2D eigenvalue weighted by Crippen LogP contribution is -2.24. The van der Waals surface area contributed by atoms with Gasteiger partial charge in [-0.05, 0) is 25.0 Å². The number of rotatable bonds is 3. The molecular formula is C18H20N4O. The van der Waals surface area contributed by atoms with Crippen molar-refractivity contribution in [3.05, 3.63) is 53.1 Å². The predicted octanol–water partition coefficient (Wildman–Crippen LogP) is 3.59. The summed E-state index contributed by atoms with van der Waals surface area (Å²) in [5.74, 6) is 0.765. The van der Waals surface area contributed by atoms with Gasteiger partial charge < -0.3 is 5.32 Å². The number of nitrogens with one attached hydrogen (secondary N) is 1. The van der Waals surface area contributed by atoms with Crippen LogP contribution in [0.1, 0.15) is 31.7 Å². The summed E-state index contributed by atoms with van der Waals surface area (Å²) < 4.78 is 3.66. The van der Waals surface area contributed by atoms with Crippen molar-refractivity contribution < 1.29 is 0 Å². The molecule has 2 aromatic heterocycles. The number of benzene rings is 1. The fraction of sp³-hybridized carbons (Fsp3) is 0.333. The molecular weight excluding hydrogens is 288 g/mol. The normalized spacial score (nSPS) is 15.3. The molecule has 1 N–H and O–H groups in total. The summed E-state index contributed by atoms with van der Waals surface area (Å²) in [5, 5.41) is 3.31. The van der Waals surface area contributed by atoms with E-state index in [0.29, 0.717) is 6.04 Å². The highest BCUT2D eigenvalue weighted by molar-refractivity contribution is 5.79. The van der Waals surface area contributed by atoms with E-state index in [0.717, 1.165) is 35.4 Å². The van der Waals surface area contributed by atoms with Crippen molar-refractivity contribution in [3.63, 3.8) is 0 Å². The number of hydrogen-bond acceptors (Lipinski definition) is 3. The van der Waals surface area contributed by atoms with Crippen molar-refractivity contribution in [2.24, 2.45) is 7.05 Å². The molecule has 0 radical (unpaired) electrons. The van der Waals surface area contributed by atoms with Gasteiger partial charge in [0.25, 0.3) is 0 Å². The van der Waals surface area contributed by atoms with Crippen LogP contribution in [0.15, 0.2) is 47.4 Å². The second kappa shape index (κ2) is 5.57. The second-order valence-electron chi connectivity index (χ2n) is 6.20. The number of pyridine rings is 1. The second-order valence-corrected chi connectivity index (χ2v) is 6.20. The molecule has 0 spiro atoms. The minimum absolute atomic E-state index is 0.0607. The highest BCUT2D eigenvalue weighted by Crippen LogP contribution is 2.31. The summed E-state index contributed by atoms with van der Waals surface area (Å²) in [6.45, 7) is 0. The van der Waals surface area contributed by atoms with E-state index in [4.69, 9.17) is 0 Å². The van der Waals surface area contributed by atoms with Crippen molar-refractivity contribution in [2.45, 2.75) is 31.7 Å². The first-order valence-electron chi connectivity index (χ1n) is 8.13. The monoisotopic (exact) mass is 308 g/mol. The van der Waals surface area contributed by atoms with Crippen LogP contribution in [-0.2, 0) is 7.05 Å². The summed E-state index contributed by atoms with van der Waals surface area (Å²) in [7, 11) is 1.82. The molecule has 0 amide bonds. The molecule has 23 heavy (non-hydrogen) atoms. The molecule has 1 fully saturated rings. The number of nitrogens with zero attached hydrogens (tertiary/aromatic N) is 3. The van der Waals surface area contributed by atoms with Crippen LogP contribution in [0.2, 0.25) is 0 Å². The summed E-state index contributed by atoms with van der Waals surface area (Å²) in [6.07, 6.45) is 6.36. The maximum atomic E-state index is 12.6. The highest BCUT2D eigenvalue weighted by Gasteiger charge is 2.23. The van der Waals surface area contributed by atoms with Crippen molar-refractivity contribution in [1.82, 2.24) is 14.1 Å². The molecule has 2 heterocycles. The van der Waals surface area contributed by atoms with Gasteiger partial charge >= 0.3 is 5.69 Å². The van der Waals surface area contributed by atoms with Crippen LogP contribution in [0.4, 0.5) is 11.5 Å². The minimum Gasteiger partial charge on any atom is -0.340 e. The molecule has 1 aromatic carbocycles. The first-order chi connectivity index (χ1) is 11.2. The van der Waals surface area contributed by atoms with Crippen LogP contribution in [0.3, 0.4) is 0 Å². The summed E-state index contributed by atoms with van der Waals surface area (Å²) in [6, 6.07) is 12.3. The van der Waals surface area contributed by atoms with Crippen molar-refractivity contribution in [3.8, 4) is 0 Å². The summed E-state index contributed by atoms with van der Waals surface area (Å²) >= 11 is 0. The molecule has 5 nitrogen and oxygen atoms in total. The maximum Gasteiger partial charge on any atom is 0.329 e. The van der Waals surface area contributed by atoms with Crippen molar-refractivity contribution in [1.29, 1.82) is 0 Å². The molecule has 1 aliphatic carbocycles. The fourth-order valence-corrected chi connectivity index (χ4v) is 3.51. The molecule has 1 saturated carbocycles. The Morgan fingerprint density at radius 2 is 1.87 bits per heavy atom. The lowest BCUT2D eigenvalue weighted by molar-refractivity contribution is 0.509. The largest absolute Gasteiger partial charge is 0.340 e. The summed E-state index contributed by atoms with van der Waals surface area (Å²) in [5.41, 5.74) is 2.91. The molecule has 1 aliphatic rings. The Kier molecular flexibility index (Phi) is 3.41. The van der Waals surface area contributed by atoms with Gasteiger partial charge in [0, 0.05) is 24.8 Å². The van der Waals surface area contributed by atoms with Gasteiger partial charge in [-0.2, -0.15) is 0 Å². The molecule has 0 bridgehead atoms. The van der Waals surface area contributed by atoms with E-state index in [1.807, 2.05) is 48.0 Å². The lowest BCUT2D eigenvalue weighted by atomic mass is 10.2. The zero-order valence-corrected chi connectivity index (χ0v) is 13.2. The number of para-hydroxylation sites is 1. The van der Waals surface area contributed by atoms with E-state index in [1.165, 1.54) is 12.8 Å². The van der Waals surface area contributed by atoms with Gasteiger partial charge in [0.05, 0.1) is 17.2 Å². The number of aromatic nitrogens is 3. The van der Waals surface area contributed by atoms with Gasteiger partial charge in [-0.25, -0.2) is 9.78 Å². The average Bonchev–Trinajstić information content (AvgIpc) is 3.17. The number of aryl methyl sites for hydroxylation is 1. The third kappa shape index (κ3) is 2.42. The van der Waals surface area contributed by atoms with Crippen LogP contribution in [0.5, 0.6) is 0 Å². The predicted molar refractivity (Wildman–Crippen MR) is 92.2 cm³/mol. The first kappa shape index (κ1) is 14.1. The van der Waals surface area contributed by atoms with E-state index in [9.17, 15) is 4.79 Å². The smallest absolute Gasteiger partial charge is 0.329 e. The van der Waals surface area contributed by atoms with Gasteiger partial charge in [-0.3, -0.25) is 9.13 Å². The molecule has 0 atom stereocenters. The van der Waals surface area contributed by atoms with Crippen molar-refractivity contribution in [2.75, 3.05) is 5.32 Å². The molecule has 3 aromatic rings. The molecule has 0 unspecified atom stereocenters. The molecule has 0 aliphatic heterocycles. The zero-order chi connectivity index (χ0) is 15.8. The van der Waals surface area contributed by atoms with E-state index in [1.54, 1.807) is 10.8 Å². The van der Waals surface area contributed by atoms with Crippen LogP contribution in [-0.4, -0.2) is 14.1 Å². The quantitative estimate of drug-likeness (QED) is 0.804. The number of hydrogen-bond donors (Lipinski definition) is 1. The molecule has 0 saturated heterocycles. The average molecular weight is 308 g/mol. The van der Waals surface area contributed by atoms with Crippen LogP contribution in [0.25, 0.3) is 11.0 Å². The topological polar surface area (TPSA) is 51.9 Å². The van der Waals surface area contributed by atoms with Gasteiger partial charge in [0.1, 0.15) is 5.82 Å². The summed E-state index contributed by atoms with van der Waals surface area (Å²) in [4.78, 5) is 17.1. The zero-order valence-electron chi connectivity index (χ0n) is 13.2. The van der Waals surface area contributed by atoms with Gasteiger partial charge in [-0.1, -0.05) is 31.0 Å². The Bertz CT molecular complexity index is 889. The first-order valence-corrected chi connectivity index (χ1v) is 8.13. The highest BCUT2D eigenvalue weighted by atomic mass is 16.1. The van der Waals surface area contributed by atoms with Crippen molar-refractivity contribution >= 4 is 22.5 Å². The lowest BCUT2D eigenvalue weighted by Gasteiger charge is -2.12. The van der Waals surface area contributed by atoms with Crippen LogP contribution >= 0.6 is 0 Å². The molecule has 5 heteroatoms. The van der Waals surface area contributed by atoms with E-state index in [2.05, 4.69) is 10.3 Å². The number of imidazole rings is 1. The third-order valence-corrected chi connectivity index (χ3v) is 4.71. The van der Waals surface area contributed by atoms with Gasteiger partial charge in [0.15, 0.2) is 0 Å². The van der Waals surface area contributed by atoms with Gasteiger partial charge in [0.2, 0.25) is 0 Å². The SMILES string of the molecule is Cn1c(=O)n(C2CCCC2)c2cc(Nc3ccccc3)ncc21. The van der Waals surface area contributed by atoms with E-state index in [-0.39, 0.29) is 5.69 Å². The third-order valence-electron chi connectivity index (χ3n) is 4.71. The molecule has 4 rings (SSSR count). The minimum atomic E-state index is 0.0607. The Hall–Kier alpha value is -2.56. The number of anilines is 2. The molecule has 118 valence electrons. The Labute approximate surface area is 134 Å². The van der Waals surface area contributed by atoms with Gasteiger partial charge in [-0.15, -0.1) is 0 Å². The Balaban J connectivity index is 1.81. The maximum absolute atomic E-state index is 12.6. The number of fused-ring (bicyclic) bond motifs is 1.